The molecule has 4 fully saturated rings. The van der Waals surface area contributed by atoms with Gasteiger partial charge in [-0.1, -0.05) is 70.0 Å². The van der Waals surface area contributed by atoms with E-state index in [0.29, 0.717) is 17.6 Å². The van der Waals surface area contributed by atoms with Gasteiger partial charge >= 0.3 is 30.0 Å². The molecule has 2 saturated carbocycles. The van der Waals surface area contributed by atoms with E-state index in [4.69, 9.17) is 37.9 Å². The van der Waals surface area contributed by atoms with Crippen LogP contribution in [-0.4, -0.2) is 119 Å². The maximum atomic E-state index is 14.7. The Labute approximate surface area is 406 Å². The van der Waals surface area contributed by atoms with Crippen LogP contribution in [0.5, 0.6) is 0 Å². The van der Waals surface area contributed by atoms with Crippen molar-refractivity contribution < 1.29 is 72.1 Å². The first kappa shape index (κ1) is 53.7. The molecule has 3 aliphatic carbocycles. The summed E-state index contributed by atoms with van der Waals surface area (Å²) in [4.78, 5) is 69.1. The molecule has 1 aromatic carbocycles. The topological polar surface area (TPSA) is 212 Å². The van der Waals surface area contributed by atoms with Gasteiger partial charge in [0.05, 0.1) is 30.2 Å². The van der Waals surface area contributed by atoms with Gasteiger partial charge in [0.1, 0.15) is 35.6 Å². The van der Waals surface area contributed by atoms with Gasteiger partial charge in [0.15, 0.2) is 24.1 Å². The van der Waals surface area contributed by atoms with Gasteiger partial charge in [-0.2, -0.15) is 0 Å². The lowest BCUT2D eigenvalue weighted by atomic mass is 9.44. The van der Waals surface area contributed by atoms with Gasteiger partial charge in [0.2, 0.25) is 0 Å². The van der Waals surface area contributed by atoms with Gasteiger partial charge in [0.25, 0.3) is 0 Å². The van der Waals surface area contributed by atoms with Crippen molar-refractivity contribution in [2.75, 3.05) is 6.61 Å². The van der Waals surface area contributed by atoms with Gasteiger partial charge in [-0.05, 0) is 103 Å². The number of ether oxygens (including phenoxy) is 8. The molecule has 13 atom stereocenters. The van der Waals surface area contributed by atoms with Crippen molar-refractivity contribution >= 4 is 30.0 Å². The number of hydrogen-bond acceptors (Lipinski definition) is 15. The molecule has 3 N–H and O–H groups in total. The number of carbonyl (C=O) groups is 5. The molecule has 69 heavy (non-hydrogen) atoms. The second-order valence-electron chi connectivity index (χ2n) is 22.1. The summed E-state index contributed by atoms with van der Waals surface area (Å²) in [5, 5.41) is 28.4. The Balaban J connectivity index is 1.59. The molecule has 382 valence electrons. The molecule has 2 bridgehead atoms. The van der Waals surface area contributed by atoms with E-state index in [2.05, 4.69) is 11.4 Å². The third-order valence-electron chi connectivity index (χ3n) is 14.7. The lowest BCUT2D eigenvalue weighted by molar-refractivity contribution is -0.405. The lowest BCUT2D eigenvalue weighted by Gasteiger charge is -2.71. The van der Waals surface area contributed by atoms with Gasteiger partial charge in [-0.15, -0.1) is 0 Å². The first-order valence-electron chi connectivity index (χ1n) is 24.2. The summed E-state index contributed by atoms with van der Waals surface area (Å²) in [6, 6.07) is 7.10. The second kappa shape index (κ2) is 20.2. The number of carbonyl (C=O) groups excluding carboxylic acids is 5. The largest absolute Gasteiger partial charge is 0.456 e. The molecule has 0 spiro atoms. The molecular weight excluding hydrogens is 891 g/mol. The number of allylic oxidation sites excluding steroid dienone is 3. The highest BCUT2D eigenvalue weighted by atomic mass is 16.7. The molecule has 0 unspecified atom stereocenters. The average molecular weight is 966 g/mol. The van der Waals surface area contributed by atoms with Crippen molar-refractivity contribution in [3.63, 3.8) is 0 Å². The fourth-order valence-corrected chi connectivity index (χ4v) is 11.6. The monoisotopic (exact) mass is 966 g/mol. The van der Waals surface area contributed by atoms with E-state index in [1.807, 2.05) is 47.6 Å². The van der Waals surface area contributed by atoms with E-state index in [9.17, 15) is 34.2 Å². The first-order chi connectivity index (χ1) is 32.0. The second-order valence-corrected chi connectivity index (χ2v) is 22.1. The van der Waals surface area contributed by atoms with E-state index in [0.717, 1.165) is 12.0 Å². The first-order valence-corrected chi connectivity index (χ1v) is 24.2. The van der Waals surface area contributed by atoms with E-state index in [1.165, 1.54) is 19.4 Å². The summed E-state index contributed by atoms with van der Waals surface area (Å²) in [5.41, 5.74) is -4.51. The van der Waals surface area contributed by atoms with Crippen LogP contribution in [0.2, 0.25) is 0 Å². The Kier molecular flexibility index (Phi) is 15.8. The minimum absolute atomic E-state index is 0.0969. The smallest absolute Gasteiger partial charge is 0.407 e. The molecule has 1 aromatic rings. The van der Waals surface area contributed by atoms with Crippen molar-refractivity contribution in [1.82, 2.24) is 5.32 Å². The molecule has 16 heteroatoms. The third kappa shape index (κ3) is 10.7. The number of alkyl carbamates (subject to hydrolysis) is 1. The zero-order chi connectivity index (χ0) is 51.2. The zero-order valence-electron chi connectivity index (χ0n) is 42.8. The third-order valence-corrected chi connectivity index (χ3v) is 14.7. The van der Waals surface area contributed by atoms with E-state index in [-0.39, 0.29) is 30.9 Å². The fourth-order valence-electron chi connectivity index (χ4n) is 11.6. The quantitative estimate of drug-likeness (QED) is 0.0944. The average Bonchev–Trinajstić information content (AvgIpc) is 3.22. The van der Waals surface area contributed by atoms with E-state index >= 15 is 0 Å². The molecule has 2 aliphatic heterocycles. The summed E-state index contributed by atoms with van der Waals surface area (Å²) in [6.45, 7) is 24.3. The fraction of sp³-hybridized carbons (Fsp3) is 0.679. The predicted octanol–water partition coefficient (Wildman–Crippen LogP) is 7.38. The molecule has 16 nitrogen and oxygen atoms in total. The molecule has 5 aliphatic rings. The lowest BCUT2D eigenvalue weighted by Crippen LogP contribution is -2.83. The Morgan fingerprint density at radius 2 is 1.59 bits per heavy atom. The van der Waals surface area contributed by atoms with Gasteiger partial charge < -0.3 is 53.4 Å². The Bertz CT molecular complexity index is 2200. The number of aliphatic hydroxyl groups excluding tert-OH is 1. The molecule has 2 saturated heterocycles. The van der Waals surface area contributed by atoms with Crippen LogP contribution >= 0.6 is 0 Å². The van der Waals surface area contributed by atoms with Crippen LogP contribution in [0, 0.1) is 22.7 Å². The molecule has 2 heterocycles. The number of aliphatic hydroxyl groups is 2. The van der Waals surface area contributed by atoms with E-state index < -0.39 is 125 Å². The minimum atomic E-state index is -2.24. The summed E-state index contributed by atoms with van der Waals surface area (Å²) in [7, 11) is 0. The predicted molar refractivity (Wildman–Crippen MR) is 252 cm³/mol. The van der Waals surface area contributed by atoms with Crippen LogP contribution in [0.25, 0.3) is 0 Å². The maximum absolute atomic E-state index is 14.7. The van der Waals surface area contributed by atoms with Crippen molar-refractivity contribution in [2.45, 2.75) is 201 Å². The Morgan fingerprint density at radius 3 is 2.16 bits per heavy atom. The van der Waals surface area contributed by atoms with Crippen LogP contribution in [-0.2, 0) is 52.3 Å². The summed E-state index contributed by atoms with van der Waals surface area (Å²) < 4.78 is 51.6. The number of esters is 4. The highest BCUT2D eigenvalue weighted by Gasteiger charge is 2.79. The molecule has 0 aromatic heterocycles. The van der Waals surface area contributed by atoms with Crippen molar-refractivity contribution in [1.29, 1.82) is 0 Å². The number of hydrogen-bond donors (Lipinski definition) is 3. The van der Waals surface area contributed by atoms with Gasteiger partial charge in [0, 0.05) is 37.5 Å². The summed E-state index contributed by atoms with van der Waals surface area (Å²) >= 11 is 0. The van der Waals surface area contributed by atoms with Crippen molar-refractivity contribution in [3.8, 4) is 0 Å². The number of benzene rings is 1. The van der Waals surface area contributed by atoms with Crippen LogP contribution < -0.4 is 5.32 Å². The van der Waals surface area contributed by atoms with Crippen molar-refractivity contribution in [3.05, 3.63) is 70.3 Å². The normalized spacial score (nSPS) is 33.4. The SMILES string of the molecule is CC(=O)O[C@@H]1C2=C(C)[C@@H](OC(=O)[C@H](O)[C@H](CC(C)C)NC(=O)OC(C)(C)C)C[C@@](O)([C@@H](OC(=O)c3ccccc3)[C@@H]3[C@]4(OC(C)=O)CO[C@@H]4C[C@@H]4O[C@H](C=C(C)CCC=C(C)C)O[C@@H]1[C@]43C)C2(C)C. The van der Waals surface area contributed by atoms with E-state index in [1.54, 1.807) is 71.9 Å². The highest BCUT2D eigenvalue weighted by molar-refractivity contribution is 5.89. The van der Waals surface area contributed by atoms with Gasteiger partial charge in [-0.25, -0.2) is 14.4 Å². The molecule has 1 amide bonds. The number of nitrogens with one attached hydrogen (secondary N) is 1. The minimum Gasteiger partial charge on any atom is -0.456 e. The van der Waals surface area contributed by atoms with Crippen LogP contribution in [0.1, 0.15) is 139 Å². The Hall–Kier alpha value is -4.61. The number of fused-ring (bicyclic) bond motifs is 4. The molecule has 0 radical (unpaired) electrons. The van der Waals surface area contributed by atoms with Crippen LogP contribution in [0.15, 0.2) is 64.8 Å². The number of amides is 1. The summed E-state index contributed by atoms with van der Waals surface area (Å²) in [6.07, 6.45) is -5.30. The molecular formula is C53H75NO15. The van der Waals surface area contributed by atoms with Crippen LogP contribution in [0.4, 0.5) is 4.79 Å². The highest BCUT2D eigenvalue weighted by Crippen LogP contribution is 2.67. The zero-order valence-corrected chi connectivity index (χ0v) is 42.8. The number of rotatable bonds is 14. The standard InChI is InChI=1S/C53H75NO15/c1-28(2)19-18-20-30(5)24-39-65-37-25-38-52(27-62-38,68-33(8)56)43-45(67-46(58)34-21-16-15-17-22-34)53(61)26-36(64-47(59)41(57)35(23-29(3)4)54-48(60)69-49(9,10)11)31(6)40(50(53,12)13)42(63-32(7)55)44(66-39)51(37,43)14/h15-17,19,21-22,24,29,35-39,41-45,57,61H,18,20,23,25-27H2,1-14H3,(H,54,60)/t35-,36-,37-,38+,39-,41+,42+,43-,44-,45-,51+,52-,53+/m0/s1. The molecule has 6 rings (SSSR count). The Morgan fingerprint density at radius 1 is 0.928 bits per heavy atom. The van der Waals surface area contributed by atoms with Crippen LogP contribution in [0.3, 0.4) is 0 Å². The van der Waals surface area contributed by atoms with Crippen molar-refractivity contribution in [2.24, 2.45) is 22.7 Å². The van der Waals surface area contributed by atoms with Gasteiger partial charge in [-0.3, -0.25) is 9.59 Å². The summed E-state index contributed by atoms with van der Waals surface area (Å²) in [5.74, 6) is -4.54. The maximum Gasteiger partial charge on any atom is 0.407 e.